The SMILES string of the molecule is C=C/C(=C\C(=C)C)CC.CC.CC. The Morgan fingerprint density at radius 1 is 1.15 bits per heavy atom. The molecule has 0 aliphatic heterocycles. The van der Waals surface area contributed by atoms with Crippen LogP contribution in [0.15, 0.2) is 36.5 Å². The minimum absolute atomic E-state index is 1.04. The highest BCUT2D eigenvalue weighted by Gasteiger charge is 1.83. The normalized spacial score (nSPS) is 8.62. The molecule has 78 valence electrons. The van der Waals surface area contributed by atoms with Gasteiger partial charge in [0.1, 0.15) is 0 Å². The van der Waals surface area contributed by atoms with E-state index in [1.54, 1.807) is 0 Å². The molecule has 0 N–H and O–H groups in total. The van der Waals surface area contributed by atoms with Crippen LogP contribution in [0.25, 0.3) is 0 Å². The Labute approximate surface area is 85.1 Å². The highest BCUT2D eigenvalue weighted by atomic mass is 13.9. The third-order valence-corrected chi connectivity index (χ3v) is 1.10. The second kappa shape index (κ2) is 17.3. The Kier molecular flexibility index (Phi) is 24.1. The van der Waals surface area contributed by atoms with E-state index in [1.807, 2.05) is 46.8 Å². The number of hydrogen-bond acceptors (Lipinski definition) is 0. The van der Waals surface area contributed by atoms with Crippen LogP contribution in [0.3, 0.4) is 0 Å². The van der Waals surface area contributed by atoms with Gasteiger partial charge in [0, 0.05) is 0 Å². The van der Waals surface area contributed by atoms with E-state index in [0.29, 0.717) is 0 Å². The third-order valence-electron chi connectivity index (χ3n) is 1.10. The highest BCUT2D eigenvalue weighted by Crippen LogP contribution is 2.04. The molecule has 0 aromatic rings. The molecule has 0 saturated carbocycles. The molecule has 0 aromatic heterocycles. The molecule has 0 amide bonds. The van der Waals surface area contributed by atoms with E-state index in [2.05, 4.69) is 20.1 Å². The quantitative estimate of drug-likeness (QED) is 0.530. The van der Waals surface area contributed by atoms with Crippen LogP contribution < -0.4 is 0 Å². The molecule has 0 bridgehead atoms. The molecule has 0 rings (SSSR count). The Morgan fingerprint density at radius 2 is 1.54 bits per heavy atom. The van der Waals surface area contributed by atoms with Gasteiger partial charge in [0.2, 0.25) is 0 Å². The zero-order valence-corrected chi connectivity index (χ0v) is 10.3. The van der Waals surface area contributed by atoms with E-state index in [9.17, 15) is 0 Å². The fraction of sp³-hybridized carbons (Fsp3) is 0.538. The smallest absolute Gasteiger partial charge is 0.0308 e. The van der Waals surface area contributed by atoms with Gasteiger partial charge in [0.05, 0.1) is 0 Å². The van der Waals surface area contributed by atoms with Crippen LogP contribution >= 0.6 is 0 Å². The molecule has 0 fully saturated rings. The first-order valence-corrected chi connectivity index (χ1v) is 5.19. The van der Waals surface area contributed by atoms with Gasteiger partial charge in [-0.25, -0.2) is 0 Å². The summed E-state index contributed by atoms with van der Waals surface area (Å²) in [5.74, 6) is 0. The van der Waals surface area contributed by atoms with Crippen molar-refractivity contribution in [2.45, 2.75) is 48.0 Å². The molecular formula is C13H26. The molecule has 0 unspecified atom stereocenters. The molecule has 0 radical (unpaired) electrons. The second-order valence-electron chi connectivity index (χ2n) is 2.12. The predicted octanol–water partition coefficient (Wildman–Crippen LogP) is 5.14. The molecule has 0 aromatic carbocycles. The summed E-state index contributed by atoms with van der Waals surface area (Å²) in [6, 6.07) is 0. The summed E-state index contributed by atoms with van der Waals surface area (Å²) >= 11 is 0. The number of rotatable bonds is 3. The van der Waals surface area contributed by atoms with Crippen molar-refractivity contribution in [3.05, 3.63) is 36.5 Å². The van der Waals surface area contributed by atoms with Crippen LogP contribution in [-0.2, 0) is 0 Å². The fourth-order valence-electron chi connectivity index (χ4n) is 0.622. The molecule has 0 saturated heterocycles. The first kappa shape index (κ1) is 18.1. The fourth-order valence-corrected chi connectivity index (χ4v) is 0.622. The molecule has 0 aliphatic rings. The van der Waals surface area contributed by atoms with Crippen molar-refractivity contribution < 1.29 is 0 Å². The molecule has 0 spiro atoms. The van der Waals surface area contributed by atoms with Crippen LogP contribution in [0.1, 0.15) is 48.0 Å². The van der Waals surface area contributed by atoms with Gasteiger partial charge in [0.25, 0.3) is 0 Å². The van der Waals surface area contributed by atoms with Gasteiger partial charge in [-0.15, -0.1) is 0 Å². The second-order valence-corrected chi connectivity index (χ2v) is 2.12. The summed E-state index contributed by atoms with van der Waals surface area (Å²) in [6.07, 6.45) is 4.96. The first-order chi connectivity index (χ1) is 6.20. The van der Waals surface area contributed by atoms with Gasteiger partial charge < -0.3 is 0 Å². The average Bonchev–Trinajstić information content (AvgIpc) is 2.20. The molecule has 0 aliphatic carbocycles. The van der Waals surface area contributed by atoms with Gasteiger partial charge in [-0.2, -0.15) is 0 Å². The molecule has 0 atom stereocenters. The lowest BCUT2D eigenvalue weighted by Gasteiger charge is -1.93. The summed E-state index contributed by atoms with van der Waals surface area (Å²) in [4.78, 5) is 0. The third kappa shape index (κ3) is 18.3. The van der Waals surface area contributed by atoms with Crippen molar-refractivity contribution in [3.8, 4) is 0 Å². The summed E-state index contributed by atoms with van der Waals surface area (Å²) in [6.45, 7) is 19.5. The maximum absolute atomic E-state index is 3.77. The molecule has 0 heterocycles. The first-order valence-electron chi connectivity index (χ1n) is 5.19. The molecule has 0 heteroatoms. The highest BCUT2D eigenvalue weighted by molar-refractivity contribution is 5.25. The van der Waals surface area contributed by atoms with Gasteiger partial charge in [-0.1, -0.05) is 65.5 Å². The average molecular weight is 182 g/mol. The number of hydrogen-bond donors (Lipinski definition) is 0. The lowest BCUT2D eigenvalue weighted by atomic mass is 10.1. The Morgan fingerprint density at radius 3 is 1.62 bits per heavy atom. The summed E-state index contributed by atoms with van der Waals surface area (Å²) in [5, 5.41) is 0. The zero-order valence-electron chi connectivity index (χ0n) is 10.3. The maximum atomic E-state index is 3.77. The van der Waals surface area contributed by atoms with E-state index >= 15 is 0 Å². The zero-order chi connectivity index (χ0) is 11.3. The van der Waals surface area contributed by atoms with Gasteiger partial charge >= 0.3 is 0 Å². The van der Waals surface area contributed by atoms with Crippen LogP contribution in [0, 0.1) is 0 Å². The van der Waals surface area contributed by atoms with Crippen molar-refractivity contribution >= 4 is 0 Å². The van der Waals surface area contributed by atoms with Crippen LogP contribution in [0.5, 0.6) is 0 Å². The summed E-state index contributed by atoms with van der Waals surface area (Å²) in [5.41, 5.74) is 2.34. The van der Waals surface area contributed by atoms with Crippen molar-refractivity contribution in [2.24, 2.45) is 0 Å². The van der Waals surface area contributed by atoms with Gasteiger partial charge in [-0.05, 0) is 18.9 Å². The van der Waals surface area contributed by atoms with Crippen LogP contribution in [-0.4, -0.2) is 0 Å². The lowest BCUT2D eigenvalue weighted by molar-refractivity contribution is 1.14. The Bertz CT molecular complexity index is 138. The van der Waals surface area contributed by atoms with Gasteiger partial charge in [-0.3, -0.25) is 0 Å². The van der Waals surface area contributed by atoms with E-state index in [0.717, 1.165) is 12.0 Å². The summed E-state index contributed by atoms with van der Waals surface area (Å²) in [7, 11) is 0. The van der Waals surface area contributed by atoms with Crippen molar-refractivity contribution in [1.82, 2.24) is 0 Å². The predicted molar refractivity (Wildman–Crippen MR) is 66.1 cm³/mol. The molecular weight excluding hydrogens is 156 g/mol. The lowest BCUT2D eigenvalue weighted by Crippen LogP contribution is -1.73. The minimum Gasteiger partial charge on any atom is -0.0988 e. The largest absolute Gasteiger partial charge is 0.0988 e. The molecule has 13 heavy (non-hydrogen) atoms. The van der Waals surface area contributed by atoms with E-state index in [-0.39, 0.29) is 0 Å². The van der Waals surface area contributed by atoms with Crippen molar-refractivity contribution in [1.29, 1.82) is 0 Å². The minimum atomic E-state index is 1.04. The molecule has 0 nitrogen and oxygen atoms in total. The summed E-state index contributed by atoms with van der Waals surface area (Å²) < 4.78 is 0. The van der Waals surface area contributed by atoms with E-state index < -0.39 is 0 Å². The monoisotopic (exact) mass is 182 g/mol. The number of allylic oxidation sites excluding steroid dienone is 4. The topological polar surface area (TPSA) is 0 Å². The van der Waals surface area contributed by atoms with Gasteiger partial charge in [0.15, 0.2) is 0 Å². The van der Waals surface area contributed by atoms with Crippen molar-refractivity contribution in [3.63, 3.8) is 0 Å². The van der Waals surface area contributed by atoms with E-state index in [1.165, 1.54) is 5.57 Å². The standard InChI is InChI=1S/C9H14.2C2H6/c1-5-9(6-2)7-8(3)4;2*1-2/h5,7H,1,3,6H2,2,4H3;2*1-2H3/b9-7+;;. The van der Waals surface area contributed by atoms with E-state index in [4.69, 9.17) is 0 Å². The Hall–Kier alpha value is -0.780. The maximum Gasteiger partial charge on any atom is -0.0308 e. The van der Waals surface area contributed by atoms with Crippen LogP contribution in [0.2, 0.25) is 0 Å². The Balaban J connectivity index is -0.000000218. The van der Waals surface area contributed by atoms with Crippen molar-refractivity contribution in [2.75, 3.05) is 0 Å². The van der Waals surface area contributed by atoms with Crippen LogP contribution in [0.4, 0.5) is 0 Å².